The molecule has 1 atom stereocenters. The average molecular weight is 194 g/mol. The maximum Gasteiger partial charge on any atom is 0.0616 e. The van der Waals surface area contributed by atoms with Gasteiger partial charge in [0.05, 0.1) is 6.61 Å². The van der Waals surface area contributed by atoms with Crippen molar-refractivity contribution < 1.29 is 9.84 Å². The van der Waals surface area contributed by atoms with Gasteiger partial charge in [0.2, 0.25) is 0 Å². The summed E-state index contributed by atoms with van der Waals surface area (Å²) in [5.74, 6) is 0. The van der Waals surface area contributed by atoms with E-state index in [1.165, 1.54) is 5.54 Å². The van der Waals surface area contributed by atoms with Crippen molar-refractivity contribution >= 4 is 11.6 Å². The number of rotatable bonds is 7. The fraction of sp³-hybridized carbons (Fsp3) is 0.750. The molecular formula is C8H16ClNO2. The molecule has 4 heteroatoms. The monoisotopic (exact) mass is 193 g/mol. The zero-order chi connectivity index (χ0) is 9.23. The van der Waals surface area contributed by atoms with Gasteiger partial charge in [0, 0.05) is 31.8 Å². The highest BCUT2D eigenvalue weighted by Gasteiger charge is 2.04. The Hall–Kier alpha value is -0.0900. The quantitative estimate of drug-likeness (QED) is 0.627. The second-order valence-corrected chi connectivity index (χ2v) is 2.69. The summed E-state index contributed by atoms with van der Waals surface area (Å²) in [6.45, 7) is 1.49. The predicted octanol–water partition coefficient (Wildman–Crippen LogP) is 0.726. The van der Waals surface area contributed by atoms with Crippen molar-refractivity contribution in [1.29, 1.82) is 0 Å². The molecular weight excluding hydrogens is 178 g/mol. The third kappa shape index (κ3) is 6.61. The fourth-order valence-corrected chi connectivity index (χ4v) is 0.970. The Morgan fingerprint density at radius 1 is 1.67 bits per heavy atom. The highest BCUT2D eigenvalue weighted by molar-refractivity contribution is 6.25. The van der Waals surface area contributed by atoms with Crippen molar-refractivity contribution in [2.24, 2.45) is 0 Å². The third-order valence-corrected chi connectivity index (χ3v) is 1.64. The Kier molecular flexibility index (Phi) is 8.93. The molecule has 0 saturated carbocycles. The van der Waals surface area contributed by atoms with Crippen molar-refractivity contribution in [3.05, 3.63) is 11.6 Å². The van der Waals surface area contributed by atoms with Gasteiger partial charge in [-0.05, 0) is 6.42 Å². The largest absolute Gasteiger partial charge is 0.396 e. The molecule has 0 aromatic rings. The van der Waals surface area contributed by atoms with Crippen molar-refractivity contribution in [2.75, 3.05) is 26.9 Å². The molecule has 0 amide bonds. The molecule has 0 aliphatic heterocycles. The fourth-order valence-electron chi connectivity index (χ4n) is 0.881. The van der Waals surface area contributed by atoms with Gasteiger partial charge in [-0.1, -0.05) is 17.7 Å². The van der Waals surface area contributed by atoms with Crippen molar-refractivity contribution in [3.63, 3.8) is 0 Å². The highest BCUT2D eigenvalue weighted by atomic mass is 35.5. The first-order valence-corrected chi connectivity index (χ1v) is 4.37. The lowest BCUT2D eigenvalue weighted by atomic mass is 10.2. The first-order valence-electron chi connectivity index (χ1n) is 3.93. The van der Waals surface area contributed by atoms with Gasteiger partial charge in [0.15, 0.2) is 0 Å². The number of methoxy groups -OCH3 is 1. The Morgan fingerprint density at radius 3 is 2.92 bits per heavy atom. The molecule has 0 saturated heterocycles. The summed E-state index contributed by atoms with van der Waals surface area (Å²) < 4.78 is 4.96. The first kappa shape index (κ1) is 11.9. The van der Waals surface area contributed by atoms with Crippen LogP contribution in [0.15, 0.2) is 11.6 Å². The van der Waals surface area contributed by atoms with Gasteiger partial charge in [-0.3, -0.25) is 0 Å². The van der Waals surface area contributed by atoms with E-state index in [-0.39, 0.29) is 12.6 Å². The molecule has 0 rings (SSSR count). The molecule has 0 aromatic carbocycles. The van der Waals surface area contributed by atoms with E-state index >= 15 is 0 Å². The lowest BCUT2D eigenvalue weighted by Crippen LogP contribution is -2.34. The molecule has 0 aromatic heterocycles. The summed E-state index contributed by atoms with van der Waals surface area (Å²) in [5, 5.41) is 11.8. The minimum Gasteiger partial charge on any atom is -0.396 e. The Bertz CT molecular complexity index is 114. The second kappa shape index (κ2) is 9.00. The summed E-state index contributed by atoms with van der Waals surface area (Å²) in [6.07, 6.45) is 2.51. The van der Waals surface area contributed by atoms with E-state index in [4.69, 9.17) is 21.4 Å². The first-order chi connectivity index (χ1) is 5.85. The molecule has 72 valence electrons. The van der Waals surface area contributed by atoms with Crippen LogP contribution in [0.2, 0.25) is 0 Å². The lowest BCUT2D eigenvalue weighted by molar-refractivity contribution is 0.150. The smallest absolute Gasteiger partial charge is 0.0616 e. The number of hydrogen-bond acceptors (Lipinski definition) is 3. The maximum atomic E-state index is 8.68. The van der Waals surface area contributed by atoms with Gasteiger partial charge < -0.3 is 15.2 Å². The molecule has 0 bridgehead atoms. The van der Waals surface area contributed by atoms with Crippen LogP contribution < -0.4 is 5.32 Å². The van der Waals surface area contributed by atoms with Crippen LogP contribution in [0.4, 0.5) is 0 Å². The van der Waals surface area contributed by atoms with Crippen molar-refractivity contribution in [3.8, 4) is 0 Å². The SMILES string of the molecule is COCC(CCO)NC/C=C/Cl. The molecule has 3 nitrogen and oxygen atoms in total. The third-order valence-electron chi connectivity index (χ3n) is 1.46. The molecule has 0 aliphatic carbocycles. The minimum absolute atomic E-state index is 0.172. The molecule has 12 heavy (non-hydrogen) atoms. The number of nitrogens with one attached hydrogen (secondary N) is 1. The van der Waals surface area contributed by atoms with Crippen LogP contribution in [0.5, 0.6) is 0 Å². The lowest BCUT2D eigenvalue weighted by Gasteiger charge is -2.14. The molecule has 0 spiro atoms. The van der Waals surface area contributed by atoms with Crippen LogP contribution in [0.25, 0.3) is 0 Å². The van der Waals surface area contributed by atoms with Gasteiger partial charge in [0.1, 0.15) is 0 Å². The van der Waals surface area contributed by atoms with Crippen LogP contribution in [-0.4, -0.2) is 38.0 Å². The van der Waals surface area contributed by atoms with E-state index < -0.39 is 0 Å². The summed E-state index contributed by atoms with van der Waals surface area (Å²) >= 11 is 5.34. The molecule has 0 aliphatic rings. The van der Waals surface area contributed by atoms with E-state index in [1.807, 2.05) is 6.08 Å². The highest BCUT2D eigenvalue weighted by Crippen LogP contribution is 1.91. The van der Waals surface area contributed by atoms with Crippen LogP contribution in [-0.2, 0) is 4.74 Å². The topological polar surface area (TPSA) is 41.5 Å². The van der Waals surface area contributed by atoms with Crippen LogP contribution in [0.1, 0.15) is 6.42 Å². The molecule has 1 unspecified atom stereocenters. The summed E-state index contributed by atoms with van der Waals surface area (Å²) in [7, 11) is 1.64. The molecule has 0 heterocycles. The molecule has 0 radical (unpaired) electrons. The second-order valence-electron chi connectivity index (χ2n) is 2.43. The van der Waals surface area contributed by atoms with Crippen LogP contribution >= 0.6 is 11.6 Å². The van der Waals surface area contributed by atoms with E-state index in [1.54, 1.807) is 7.11 Å². The van der Waals surface area contributed by atoms with Gasteiger partial charge >= 0.3 is 0 Å². The van der Waals surface area contributed by atoms with E-state index in [0.717, 1.165) is 0 Å². The predicted molar refractivity (Wildman–Crippen MR) is 50.4 cm³/mol. The van der Waals surface area contributed by atoms with Crippen LogP contribution in [0.3, 0.4) is 0 Å². The molecule has 0 fully saturated rings. The Balaban J connectivity index is 3.47. The number of aliphatic hydroxyl groups excluding tert-OH is 1. The zero-order valence-corrected chi connectivity index (χ0v) is 8.05. The summed E-state index contributed by atoms with van der Waals surface area (Å²) in [4.78, 5) is 0. The Morgan fingerprint density at radius 2 is 2.42 bits per heavy atom. The minimum atomic E-state index is 0.172. The van der Waals surface area contributed by atoms with Gasteiger partial charge in [-0.25, -0.2) is 0 Å². The van der Waals surface area contributed by atoms with E-state index in [0.29, 0.717) is 19.6 Å². The van der Waals surface area contributed by atoms with Crippen LogP contribution in [0, 0.1) is 0 Å². The normalized spacial score (nSPS) is 13.9. The van der Waals surface area contributed by atoms with Gasteiger partial charge in [-0.15, -0.1) is 0 Å². The van der Waals surface area contributed by atoms with E-state index in [9.17, 15) is 0 Å². The van der Waals surface area contributed by atoms with Crippen molar-refractivity contribution in [2.45, 2.75) is 12.5 Å². The maximum absolute atomic E-state index is 8.68. The average Bonchev–Trinajstić information content (AvgIpc) is 2.06. The number of aliphatic hydroxyl groups is 1. The molecule has 2 N–H and O–H groups in total. The number of hydrogen-bond donors (Lipinski definition) is 2. The summed E-state index contributed by atoms with van der Waals surface area (Å²) in [5.41, 5.74) is 1.47. The zero-order valence-electron chi connectivity index (χ0n) is 7.29. The standard InChI is InChI=1S/C8H16ClNO2/c1-12-7-8(3-6-11)10-5-2-4-9/h2,4,8,10-11H,3,5-7H2,1H3/b4-2+. The van der Waals surface area contributed by atoms with Crippen molar-refractivity contribution in [1.82, 2.24) is 5.32 Å². The number of ether oxygens (including phenoxy) is 1. The summed E-state index contributed by atoms with van der Waals surface area (Å²) in [6, 6.07) is 0.202. The van der Waals surface area contributed by atoms with E-state index in [2.05, 4.69) is 5.32 Å². The van der Waals surface area contributed by atoms with Gasteiger partial charge in [0.25, 0.3) is 0 Å². The van der Waals surface area contributed by atoms with Gasteiger partial charge in [-0.2, -0.15) is 0 Å². The Labute approximate surface area is 78.4 Å². The number of halogens is 1.